The molecule has 0 saturated carbocycles. The molecular weight excluding hydrogens is 355 g/mol. The molecule has 0 radical (unpaired) electrons. The van der Waals surface area contributed by atoms with Crippen molar-refractivity contribution in [3.63, 3.8) is 0 Å². The highest BCUT2D eigenvalue weighted by Gasteiger charge is 2.30. The fourth-order valence-electron chi connectivity index (χ4n) is 2.48. The lowest BCUT2D eigenvalue weighted by Gasteiger charge is -2.17. The van der Waals surface area contributed by atoms with Gasteiger partial charge in [0.15, 0.2) is 0 Å². The van der Waals surface area contributed by atoms with Gasteiger partial charge in [-0.25, -0.2) is 4.98 Å². The first-order valence-corrected chi connectivity index (χ1v) is 8.08. The van der Waals surface area contributed by atoms with Crippen LogP contribution in [-0.2, 0) is 6.18 Å². The zero-order valence-electron chi connectivity index (χ0n) is 14.4. The first-order chi connectivity index (χ1) is 12.8. The SMILES string of the molecule is CN(C(=O)c1ccc(Nc2cccc(C(F)(F)F)c2)nc1)c1ccccc1. The number of hydrogen-bond donors (Lipinski definition) is 1. The molecule has 27 heavy (non-hydrogen) atoms. The number of para-hydroxylation sites is 1. The molecule has 1 amide bonds. The number of hydrogen-bond acceptors (Lipinski definition) is 3. The highest BCUT2D eigenvalue weighted by Crippen LogP contribution is 2.31. The van der Waals surface area contributed by atoms with E-state index >= 15 is 0 Å². The molecule has 3 rings (SSSR count). The summed E-state index contributed by atoms with van der Waals surface area (Å²) >= 11 is 0. The number of halogens is 3. The lowest BCUT2D eigenvalue weighted by Crippen LogP contribution is -2.26. The van der Waals surface area contributed by atoms with Crippen molar-refractivity contribution < 1.29 is 18.0 Å². The molecule has 2 aromatic carbocycles. The molecule has 1 heterocycles. The predicted molar refractivity (Wildman–Crippen MR) is 98.1 cm³/mol. The summed E-state index contributed by atoms with van der Waals surface area (Å²) < 4.78 is 38.3. The van der Waals surface area contributed by atoms with E-state index in [1.165, 1.54) is 23.2 Å². The molecule has 0 fully saturated rings. The Balaban J connectivity index is 1.73. The second-order valence-electron chi connectivity index (χ2n) is 5.84. The smallest absolute Gasteiger partial charge is 0.340 e. The van der Waals surface area contributed by atoms with Gasteiger partial charge < -0.3 is 10.2 Å². The third-order valence-corrected chi connectivity index (χ3v) is 3.92. The largest absolute Gasteiger partial charge is 0.416 e. The summed E-state index contributed by atoms with van der Waals surface area (Å²) in [6.07, 6.45) is -3.03. The molecule has 0 spiro atoms. The summed E-state index contributed by atoms with van der Waals surface area (Å²) in [5.74, 6) is 0.104. The van der Waals surface area contributed by atoms with Gasteiger partial charge in [-0.1, -0.05) is 24.3 Å². The van der Waals surface area contributed by atoms with Crippen molar-refractivity contribution in [2.75, 3.05) is 17.3 Å². The van der Waals surface area contributed by atoms with E-state index in [1.54, 1.807) is 19.2 Å². The number of benzene rings is 2. The van der Waals surface area contributed by atoms with Gasteiger partial charge in [-0.2, -0.15) is 13.2 Å². The third-order valence-electron chi connectivity index (χ3n) is 3.92. The number of alkyl halides is 3. The van der Waals surface area contributed by atoms with E-state index in [2.05, 4.69) is 10.3 Å². The lowest BCUT2D eigenvalue weighted by atomic mass is 10.2. The molecule has 4 nitrogen and oxygen atoms in total. The molecule has 1 aromatic heterocycles. The van der Waals surface area contributed by atoms with Crippen LogP contribution < -0.4 is 10.2 Å². The van der Waals surface area contributed by atoms with Crippen LogP contribution in [-0.4, -0.2) is 17.9 Å². The minimum Gasteiger partial charge on any atom is -0.340 e. The highest BCUT2D eigenvalue weighted by atomic mass is 19.4. The lowest BCUT2D eigenvalue weighted by molar-refractivity contribution is -0.137. The predicted octanol–water partition coefficient (Wildman–Crippen LogP) is 5.12. The van der Waals surface area contributed by atoms with Crippen LogP contribution >= 0.6 is 0 Å². The van der Waals surface area contributed by atoms with Gasteiger partial charge in [0, 0.05) is 24.6 Å². The molecule has 0 aliphatic carbocycles. The standard InChI is InChI=1S/C20H16F3N3O/c1-26(17-8-3-2-4-9-17)19(27)14-10-11-18(24-13-14)25-16-7-5-6-15(12-16)20(21,22)23/h2-13H,1H3,(H,24,25). The Morgan fingerprint density at radius 1 is 1.00 bits per heavy atom. The van der Waals surface area contributed by atoms with E-state index in [1.807, 2.05) is 30.3 Å². The highest BCUT2D eigenvalue weighted by molar-refractivity contribution is 6.05. The second kappa shape index (κ2) is 7.49. The van der Waals surface area contributed by atoms with Crippen LogP contribution in [0, 0.1) is 0 Å². The molecule has 0 aliphatic rings. The number of rotatable bonds is 4. The number of aromatic nitrogens is 1. The van der Waals surface area contributed by atoms with E-state index in [-0.39, 0.29) is 11.6 Å². The Kier molecular flexibility index (Phi) is 5.12. The Bertz CT molecular complexity index is 925. The fraction of sp³-hybridized carbons (Fsp3) is 0.100. The van der Waals surface area contributed by atoms with E-state index in [9.17, 15) is 18.0 Å². The average Bonchev–Trinajstić information content (AvgIpc) is 2.68. The summed E-state index contributed by atoms with van der Waals surface area (Å²) in [4.78, 5) is 18.1. The number of carbonyl (C=O) groups excluding carboxylic acids is 1. The average molecular weight is 371 g/mol. The Morgan fingerprint density at radius 2 is 1.74 bits per heavy atom. The van der Waals surface area contributed by atoms with Crippen molar-refractivity contribution in [1.29, 1.82) is 0 Å². The number of pyridine rings is 1. The van der Waals surface area contributed by atoms with Crippen LogP contribution in [0.3, 0.4) is 0 Å². The van der Waals surface area contributed by atoms with E-state index in [4.69, 9.17) is 0 Å². The summed E-state index contributed by atoms with van der Waals surface area (Å²) in [6, 6.07) is 17.1. The monoisotopic (exact) mass is 371 g/mol. The Labute approximate surface area is 154 Å². The maximum absolute atomic E-state index is 12.8. The van der Waals surface area contributed by atoms with E-state index < -0.39 is 11.7 Å². The van der Waals surface area contributed by atoms with Gasteiger partial charge in [0.2, 0.25) is 0 Å². The minimum atomic E-state index is -4.41. The summed E-state index contributed by atoms with van der Waals surface area (Å²) in [5, 5.41) is 2.81. The topological polar surface area (TPSA) is 45.2 Å². The first-order valence-electron chi connectivity index (χ1n) is 8.08. The van der Waals surface area contributed by atoms with Crippen LogP contribution in [0.1, 0.15) is 15.9 Å². The van der Waals surface area contributed by atoms with Gasteiger partial charge in [-0.15, -0.1) is 0 Å². The molecule has 0 bridgehead atoms. The van der Waals surface area contributed by atoms with Crippen LogP contribution in [0.15, 0.2) is 72.9 Å². The van der Waals surface area contributed by atoms with Crippen LogP contribution in [0.25, 0.3) is 0 Å². The van der Waals surface area contributed by atoms with Crippen molar-refractivity contribution in [2.45, 2.75) is 6.18 Å². The van der Waals surface area contributed by atoms with Gasteiger partial charge in [0.05, 0.1) is 11.1 Å². The maximum Gasteiger partial charge on any atom is 0.416 e. The van der Waals surface area contributed by atoms with Crippen LogP contribution in [0.5, 0.6) is 0 Å². The van der Waals surface area contributed by atoms with Gasteiger partial charge >= 0.3 is 6.18 Å². The molecule has 0 saturated heterocycles. The molecule has 7 heteroatoms. The second-order valence-corrected chi connectivity index (χ2v) is 5.84. The van der Waals surface area contributed by atoms with Crippen molar-refractivity contribution in [2.24, 2.45) is 0 Å². The number of nitrogens with one attached hydrogen (secondary N) is 1. The number of amides is 1. The molecule has 0 aliphatic heterocycles. The van der Waals surface area contributed by atoms with Crippen LogP contribution in [0.4, 0.5) is 30.4 Å². The number of nitrogens with zero attached hydrogens (tertiary/aromatic N) is 2. The summed E-state index contributed by atoms with van der Waals surface area (Å²) in [5.41, 5.74) is 0.631. The molecule has 3 aromatic rings. The van der Waals surface area contributed by atoms with Gasteiger partial charge in [0.1, 0.15) is 5.82 Å². The maximum atomic E-state index is 12.8. The molecule has 1 N–H and O–H groups in total. The Hall–Kier alpha value is -3.35. The van der Waals surface area contributed by atoms with Crippen LogP contribution in [0.2, 0.25) is 0 Å². The fourth-order valence-corrected chi connectivity index (χ4v) is 2.48. The normalized spacial score (nSPS) is 11.1. The van der Waals surface area contributed by atoms with E-state index in [0.29, 0.717) is 11.4 Å². The van der Waals surface area contributed by atoms with Gasteiger partial charge in [-0.3, -0.25) is 4.79 Å². The van der Waals surface area contributed by atoms with Crippen molar-refractivity contribution in [3.05, 3.63) is 84.1 Å². The molecule has 0 atom stereocenters. The molecular formula is C20H16F3N3O. The summed E-state index contributed by atoms with van der Waals surface area (Å²) in [6.45, 7) is 0. The van der Waals surface area contributed by atoms with Gasteiger partial charge in [-0.05, 0) is 42.5 Å². The van der Waals surface area contributed by atoms with Gasteiger partial charge in [0.25, 0.3) is 5.91 Å². The van der Waals surface area contributed by atoms with E-state index in [0.717, 1.165) is 17.8 Å². The summed E-state index contributed by atoms with van der Waals surface area (Å²) in [7, 11) is 1.66. The zero-order chi connectivity index (χ0) is 19.4. The van der Waals surface area contributed by atoms with Crippen molar-refractivity contribution in [3.8, 4) is 0 Å². The van der Waals surface area contributed by atoms with Crippen molar-refractivity contribution in [1.82, 2.24) is 4.98 Å². The van der Waals surface area contributed by atoms with Crippen molar-refractivity contribution >= 4 is 23.1 Å². The Morgan fingerprint density at radius 3 is 2.37 bits per heavy atom. The third kappa shape index (κ3) is 4.44. The molecule has 138 valence electrons. The number of anilines is 3. The number of carbonyl (C=O) groups is 1. The zero-order valence-corrected chi connectivity index (χ0v) is 14.4. The quantitative estimate of drug-likeness (QED) is 0.692. The first kappa shape index (κ1) is 18.4. The molecule has 0 unspecified atom stereocenters. The minimum absolute atomic E-state index is 0.237.